The van der Waals surface area contributed by atoms with Crippen molar-refractivity contribution in [2.45, 2.75) is 39.2 Å². The number of hydrogen-bond donors (Lipinski definition) is 0. The van der Waals surface area contributed by atoms with Crippen LogP contribution in [0.25, 0.3) is 5.69 Å². The van der Waals surface area contributed by atoms with Crippen LogP contribution in [0.1, 0.15) is 46.8 Å². The average molecular weight is 367 g/mol. The highest BCUT2D eigenvalue weighted by Crippen LogP contribution is 2.28. The van der Waals surface area contributed by atoms with Crippen molar-refractivity contribution in [3.8, 4) is 5.69 Å². The van der Waals surface area contributed by atoms with Crippen LogP contribution in [0.5, 0.6) is 0 Å². The van der Waals surface area contributed by atoms with Crippen molar-refractivity contribution < 1.29 is 4.79 Å². The van der Waals surface area contributed by atoms with E-state index < -0.39 is 0 Å². The summed E-state index contributed by atoms with van der Waals surface area (Å²) in [5.74, 6) is 0.0258. The molecule has 0 atom stereocenters. The van der Waals surface area contributed by atoms with Gasteiger partial charge >= 0.3 is 0 Å². The summed E-state index contributed by atoms with van der Waals surface area (Å²) in [6.07, 6.45) is 2.44. The van der Waals surface area contributed by atoms with Gasteiger partial charge in [-0.3, -0.25) is 4.79 Å². The second kappa shape index (κ2) is 6.32. The Kier molecular flexibility index (Phi) is 4.11. The van der Waals surface area contributed by atoms with E-state index in [-0.39, 0.29) is 11.3 Å². The largest absolute Gasteiger partial charge is 0.331 e. The maximum atomic E-state index is 12.9. The molecule has 0 saturated heterocycles. The number of thiazole rings is 1. The third-order valence-electron chi connectivity index (χ3n) is 4.45. The highest BCUT2D eigenvalue weighted by atomic mass is 32.1. The van der Waals surface area contributed by atoms with E-state index in [0.29, 0.717) is 18.0 Å². The van der Waals surface area contributed by atoms with E-state index in [0.717, 1.165) is 28.5 Å². The number of benzene rings is 1. The molecule has 1 aromatic carbocycles. The van der Waals surface area contributed by atoms with Crippen molar-refractivity contribution in [2.75, 3.05) is 6.54 Å². The first kappa shape index (κ1) is 16.9. The Bertz CT molecular complexity index is 938. The first-order valence-electron chi connectivity index (χ1n) is 8.68. The highest BCUT2D eigenvalue weighted by Gasteiger charge is 2.28. The summed E-state index contributed by atoms with van der Waals surface area (Å²) in [7, 11) is 0. The summed E-state index contributed by atoms with van der Waals surface area (Å²) in [6.45, 7) is 7.47. The van der Waals surface area contributed by atoms with Gasteiger partial charge < -0.3 is 4.90 Å². The zero-order valence-corrected chi connectivity index (χ0v) is 16.0. The maximum absolute atomic E-state index is 12.9. The zero-order chi connectivity index (χ0) is 18.3. The van der Waals surface area contributed by atoms with Crippen LogP contribution in [-0.4, -0.2) is 37.3 Å². The highest BCUT2D eigenvalue weighted by molar-refractivity contribution is 7.13. The minimum absolute atomic E-state index is 0.0258. The van der Waals surface area contributed by atoms with Gasteiger partial charge in [0.1, 0.15) is 10.6 Å². The number of fused-ring (bicyclic) bond motifs is 1. The topological polar surface area (TPSA) is 63.9 Å². The fourth-order valence-corrected chi connectivity index (χ4v) is 3.97. The second-order valence-corrected chi connectivity index (χ2v) is 8.52. The van der Waals surface area contributed by atoms with Gasteiger partial charge in [0.25, 0.3) is 5.91 Å². The first-order chi connectivity index (χ1) is 12.4. The van der Waals surface area contributed by atoms with E-state index in [2.05, 4.69) is 36.1 Å². The fraction of sp³-hybridized carbons (Fsp3) is 0.368. The van der Waals surface area contributed by atoms with Gasteiger partial charge in [-0.1, -0.05) is 44.2 Å². The lowest BCUT2D eigenvalue weighted by atomic mass is 9.98. The summed E-state index contributed by atoms with van der Waals surface area (Å²) in [4.78, 5) is 19.8. The normalized spacial score (nSPS) is 14.3. The Labute approximate surface area is 156 Å². The SMILES string of the molecule is CC(C)(C)c1ncc(C(=O)N2CCc3c(nnn3-c3ccccc3)C2)s1. The predicted molar refractivity (Wildman–Crippen MR) is 101 cm³/mol. The predicted octanol–water partition coefficient (Wildman–Crippen LogP) is 3.22. The first-order valence-corrected chi connectivity index (χ1v) is 9.49. The number of para-hydroxylation sites is 1. The molecule has 26 heavy (non-hydrogen) atoms. The molecule has 0 aliphatic carbocycles. The molecule has 2 aromatic heterocycles. The van der Waals surface area contributed by atoms with Gasteiger partial charge in [0.15, 0.2) is 0 Å². The lowest BCUT2D eigenvalue weighted by Crippen LogP contribution is -2.36. The van der Waals surface area contributed by atoms with Crippen molar-refractivity contribution in [1.82, 2.24) is 24.9 Å². The molecule has 3 aromatic rings. The molecule has 1 aliphatic heterocycles. The summed E-state index contributed by atoms with van der Waals surface area (Å²) >= 11 is 1.48. The van der Waals surface area contributed by atoms with Crippen LogP contribution in [0.3, 0.4) is 0 Å². The van der Waals surface area contributed by atoms with Crippen molar-refractivity contribution in [3.63, 3.8) is 0 Å². The molecular formula is C19H21N5OS. The molecule has 0 N–H and O–H groups in total. The molecular weight excluding hydrogens is 346 g/mol. The van der Waals surface area contributed by atoms with Gasteiger partial charge in [-0.2, -0.15) is 0 Å². The molecule has 1 aliphatic rings. The average Bonchev–Trinajstić information content (AvgIpc) is 3.28. The molecule has 7 heteroatoms. The van der Waals surface area contributed by atoms with Crippen LogP contribution >= 0.6 is 11.3 Å². The van der Waals surface area contributed by atoms with E-state index in [1.807, 2.05) is 39.9 Å². The van der Waals surface area contributed by atoms with Crippen molar-refractivity contribution in [3.05, 3.63) is 57.8 Å². The Morgan fingerprint density at radius 3 is 2.65 bits per heavy atom. The lowest BCUT2D eigenvalue weighted by molar-refractivity contribution is 0.0736. The van der Waals surface area contributed by atoms with Crippen LogP contribution in [0.2, 0.25) is 0 Å². The molecule has 6 nitrogen and oxygen atoms in total. The van der Waals surface area contributed by atoms with Crippen LogP contribution in [0.4, 0.5) is 0 Å². The van der Waals surface area contributed by atoms with Crippen molar-refractivity contribution >= 4 is 17.2 Å². The molecule has 3 heterocycles. The van der Waals surface area contributed by atoms with Gasteiger partial charge in [0, 0.05) is 18.4 Å². The Hall–Kier alpha value is -2.54. The summed E-state index contributed by atoms with van der Waals surface area (Å²) in [6, 6.07) is 9.97. The molecule has 0 saturated carbocycles. The van der Waals surface area contributed by atoms with Crippen molar-refractivity contribution in [1.29, 1.82) is 0 Å². The molecule has 4 rings (SSSR count). The van der Waals surface area contributed by atoms with E-state index in [4.69, 9.17) is 0 Å². The minimum atomic E-state index is -0.0450. The van der Waals surface area contributed by atoms with Gasteiger partial charge in [-0.05, 0) is 12.1 Å². The zero-order valence-electron chi connectivity index (χ0n) is 15.1. The number of aromatic nitrogens is 4. The Morgan fingerprint density at radius 2 is 1.96 bits per heavy atom. The quantitative estimate of drug-likeness (QED) is 0.698. The molecule has 0 radical (unpaired) electrons. The molecule has 0 bridgehead atoms. The van der Waals surface area contributed by atoms with Crippen molar-refractivity contribution in [2.24, 2.45) is 0 Å². The minimum Gasteiger partial charge on any atom is -0.331 e. The number of amides is 1. The van der Waals surface area contributed by atoms with E-state index in [1.54, 1.807) is 6.20 Å². The number of nitrogens with zero attached hydrogens (tertiary/aromatic N) is 5. The molecule has 0 fully saturated rings. The van der Waals surface area contributed by atoms with E-state index in [1.165, 1.54) is 11.3 Å². The monoisotopic (exact) mass is 367 g/mol. The smallest absolute Gasteiger partial charge is 0.265 e. The fourth-order valence-electron chi connectivity index (χ4n) is 3.03. The van der Waals surface area contributed by atoms with Crippen LogP contribution < -0.4 is 0 Å². The third-order valence-corrected chi connectivity index (χ3v) is 5.86. The maximum Gasteiger partial charge on any atom is 0.265 e. The van der Waals surface area contributed by atoms with Gasteiger partial charge in [-0.15, -0.1) is 16.4 Å². The van der Waals surface area contributed by atoms with Gasteiger partial charge in [-0.25, -0.2) is 9.67 Å². The molecule has 0 unspecified atom stereocenters. The summed E-state index contributed by atoms with van der Waals surface area (Å²) in [5, 5.41) is 9.58. The molecule has 0 spiro atoms. The van der Waals surface area contributed by atoms with Gasteiger partial charge in [0.05, 0.1) is 29.1 Å². The Morgan fingerprint density at radius 1 is 1.19 bits per heavy atom. The molecule has 134 valence electrons. The van der Waals surface area contributed by atoms with E-state index >= 15 is 0 Å². The summed E-state index contributed by atoms with van der Waals surface area (Å²) < 4.78 is 1.88. The standard InChI is InChI=1S/C19H21N5OS/c1-19(2,3)18-20-11-16(26-18)17(25)23-10-9-15-14(12-23)21-22-24(15)13-7-5-4-6-8-13/h4-8,11H,9-10,12H2,1-3H3. The Balaban J connectivity index is 1.55. The third kappa shape index (κ3) is 3.03. The van der Waals surface area contributed by atoms with Crippen LogP contribution in [0, 0.1) is 0 Å². The summed E-state index contributed by atoms with van der Waals surface area (Å²) in [5.41, 5.74) is 2.91. The second-order valence-electron chi connectivity index (χ2n) is 7.49. The lowest BCUT2D eigenvalue weighted by Gasteiger charge is -2.25. The number of carbonyl (C=O) groups excluding carboxylic acids is 1. The van der Waals surface area contributed by atoms with Crippen LogP contribution in [-0.2, 0) is 18.4 Å². The molecule has 1 amide bonds. The van der Waals surface area contributed by atoms with Gasteiger partial charge in [0.2, 0.25) is 0 Å². The number of carbonyl (C=O) groups is 1. The van der Waals surface area contributed by atoms with E-state index in [9.17, 15) is 4.79 Å². The van der Waals surface area contributed by atoms with Crippen LogP contribution in [0.15, 0.2) is 36.5 Å². The number of rotatable bonds is 2. The number of hydrogen-bond acceptors (Lipinski definition) is 5.